The van der Waals surface area contributed by atoms with Gasteiger partial charge in [-0.15, -0.1) is 45.3 Å². The Morgan fingerprint density at radius 3 is 1.90 bits per heavy atom. The molecule has 0 bridgehead atoms. The van der Waals surface area contributed by atoms with Gasteiger partial charge in [0, 0.05) is 99.6 Å². The number of thiophene rings is 4. The van der Waals surface area contributed by atoms with Crippen LogP contribution in [0.25, 0.3) is 67.6 Å². The zero-order chi connectivity index (χ0) is 41.6. The van der Waals surface area contributed by atoms with E-state index in [1.54, 1.807) is 46.9 Å². The van der Waals surface area contributed by atoms with Gasteiger partial charge in [0.15, 0.2) is 0 Å². The summed E-state index contributed by atoms with van der Waals surface area (Å²) in [5, 5.41) is 16.2. The Labute approximate surface area is 361 Å². The van der Waals surface area contributed by atoms with Crippen molar-refractivity contribution in [2.75, 3.05) is 26.6 Å². The zero-order valence-electron chi connectivity index (χ0n) is 34.1. The third-order valence-electron chi connectivity index (χ3n) is 10.7. The lowest BCUT2D eigenvalue weighted by Gasteiger charge is -2.24. The highest BCUT2D eigenvalue weighted by molar-refractivity contribution is 7.29. The fourth-order valence-electron chi connectivity index (χ4n) is 7.71. The first kappa shape index (κ1) is 40.8. The van der Waals surface area contributed by atoms with Gasteiger partial charge in [0.25, 0.3) is 5.91 Å². The molecule has 0 aliphatic rings. The summed E-state index contributed by atoms with van der Waals surface area (Å²) in [5.74, 6) is -0.494. The van der Waals surface area contributed by atoms with Crippen molar-refractivity contribution in [1.29, 1.82) is 5.26 Å². The van der Waals surface area contributed by atoms with Crippen LogP contribution in [-0.4, -0.2) is 40.6 Å². The van der Waals surface area contributed by atoms with Crippen LogP contribution in [0.2, 0.25) is 0 Å². The Morgan fingerprint density at radius 1 is 0.695 bits per heavy atom. The van der Waals surface area contributed by atoms with E-state index in [0.29, 0.717) is 10.9 Å². The van der Waals surface area contributed by atoms with Gasteiger partial charge < -0.3 is 23.2 Å². The number of fused-ring (bicyclic) bond motifs is 3. The van der Waals surface area contributed by atoms with E-state index in [-0.39, 0.29) is 5.57 Å². The van der Waals surface area contributed by atoms with E-state index in [0.717, 1.165) is 21.9 Å². The maximum atomic E-state index is 13.4. The van der Waals surface area contributed by atoms with Gasteiger partial charge in [-0.1, -0.05) is 36.4 Å². The molecule has 3 aromatic carbocycles. The predicted octanol–water partition coefficient (Wildman–Crippen LogP) is 12.6. The van der Waals surface area contributed by atoms with E-state index >= 15 is 0 Å². The van der Waals surface area contributed by atoms with Crippen molar-refractivity contribution in [3.05, 3.63) is 124 Å². The topological polar surface area (TPSA) is 85.5 Å². The van der Waals surface area contributed by atoms with E-state index in [9.17, 15) is 10.1 Å². The molecule has 0 radical (unpaired) electrons. The highest BCUT2D eigenvalue weighted by Crippen LogP contribution is 2.49. The second-order valence-electron chi connectivity index (χ2n) is 14.4. The SMILES string of the molecule is CCn1c2ccccc2c2cc(-c3cc(C)c(-c4cc(C)c(-c5cc(C)c(-c6cc(C)c(/C=C(\C#N)C(=O)Nc7cccc([Si](OC)(OC)OC)c7)s6)s5)s4)s3)ccc21. The van der Waals surface area contributed by atoms with Crippen molar-refractivity contribution >= 4 is 98.8 Å². The van der Waals surface area contributed by atoms with Crippen LogP contribution in [0.1, 0.15) is 34.1 Å². The molecular weight excluding hydrogens is 827 g/mol. The Bertz CT molecular complexity index is 2960. The van der Waals surface area contributed by atoms with Crippen molar-refractivity contribution in [3.8, 4) is 45.8 Å². The van der Waals surface area contributed by atoms with E-state index < -0.39 is 14.7 Å². The number of para-hydroxylation sites is 1. The van der Waals surface area contributed by atoms with Gasteiger partial charge >= 0.3 is 8.80 Å². The monoisotopic (exact) mass is 869 g/mol. The number of amides is 1. The predicted molar refractivity (Wildman–Crippen MR) is 252 cm³/mol. The van der Waals surface area contributed by atoms with Gasteiger partial charge in [0.1, 0.15) is 11.6 Å². The minimum atomic E-state index is -3.11. The second-order valence-corrected chi connectivity index (χ2v) is 21.5. The number of nitriles is 1. The molecule has 1 amide bonds. The lowest BCUT2D eigenvalue weighted by molar-refractivity contribution is -0.112. The van der Waals surface area contributed by atoms with Crippen molar-refractivity contribution in [2.45, 2.75) is 41.2 Å². The van der Waals surface area contributed by atoms with Crippen molar-refractivity contribution in [1.82, 2.24) is 4.57 Å². The molecule has 0 unspecified atom stereocenters. The van der Waals surface area contributed by atoms with Crippen molar-refractivity contribution in [2.24, 2.45) is 0 Å². The molecule has 1 N–H and O–H groups in total. The lowest BCUT2D eigenvalue weighted by atomic mass is 10.1. The maximum absolute atomic E-state index is 13.4. The summed E-state index contributed by atoms with van der Waals surface area (Å²) in [6, 6.07) is 34.0. The number of nitrogens with one attached hydrogen (secondary N) is 1. The molecule has 59 heavy (non-hydrogen) atoms. The number of rotatable bonds is 12. The summed E-state index contributed by atoms with van der Waals surface area (Å²) in [7, 11) is 1.50. The summed E-state index contributed by atoms with van der Waals surface area (Å²) < 4.78 is 19.2. The average molecular weight is 870 g/mol. The summed E-state index contributed by atoms with van der Waals surface area (Å²) in [6.45, 7) is 11.8. The smallest absolute Gasteiger partial charge is 0.373 e. The van der Waals surface area contributed by atoms with Gasteiger partial charge in [-0.25, -0.2) is 0 Å². The first-order valence-corrected chi connectivity index (χ1v) is 24.1. The molecule has 298 valence electrons. The highest BCUT2D eigenvalue weighted by Gasteiger charge is 2.41. The Morgan fingerprint density at radius 2 is 1.27 bits per heavy atom. The van der Waals surface area contributed by atoms with Crippen molar-refractivity contribution < 1.29 is 18.1 Å². The summed E-state index contributed by atoms with van der Waals surface area (Å²) >= 11 is 7.11. The number of nitrogens with zero attached hydrogens (tertiary/aromatic N) is 2. The van der Waals surface area contributed by atoms with Crippen LogP contribution in [-0.2, 0) is 24.6 Å². The van der Waals surface area contributed by atoms with Crippen LogP contribution < -0.4 is 10.5 Å². The average Bonchev–Trinajstić information content (AvgIpc) is 4.07. The van der Waals surface area contributed by atoms with E-state index in [1.807, 2.05) is 35.7 Å². The molecule has 5 heterocycles. The van der Waals surface area contributed by atoms with Gasteiger partial charge in [0.2, 0.25) is 0 Å². The van der Waals surface area contributed by atoms with Crippen LogP contribution in [0.5, 0.6) is 0 Å². The fraction of sp³-hybridized carbons (Fsp3) is 0.191. The lowest BCUT2D eigenvalue weighted by Crippen LogP contribution is -2.54. The largest absolute Gasteiger partial charge is 0.536 e. The Kier molecular flexibility index (Phi) is 11.5. The third-order valence-corrected chi connectivity index (χ3v) is 18.8. The molecule has 0 aliphatic carbocycles. The van der Waals surface area contributed by atoms with E-state index in [1.165, 1.54) is 94.7 Å². The quantitative estimate of drug-likeness (QED) is 0.0751. The molecular formula is C47H43N3O4S4Si. The maximum Gasteiger partial charge on any atom is 0.536 e. The first-order valence-electron chi connectivity index (χ1n) is 19.1. The standard InChI is InChI=1S/C47H43N3O4S4Si/c1-9-50-37-16-11-10-15-35(37)36-23-31(17-18-38(36)50)40-20-28(3)45(56-40)42-22-30(5)46(58-42)43-21-29(4)44(57-43)41-19-27(2)39(55-41)24-32(26-48)47(51)49-33-13-12-14-34(25-33)59(52-6,53-7)54-8/h10-25H,9H2,1-8H3,(H,49,51)/b32-24+. The number of carbonyl (C=O) groups excluding carboxylic acids is 1. The molecule has 5 aromatic heterocycles. The molecule has 12 heteroatoms. The van der Waals surface area contributed by atoms with Gasteiger partial charge in [0.05, 0.1) is 0 Å². The number of aryl methyl sites for hydroxylation is 5. The fourth-order valence-corrected chi connectivity index (χ4v) is 14.7. The highest BCUT2D eigenvalue weighted by atomic mass is 32.1. The number of aromatic nitrogens is 1. The van der Waals surface area contributed by atoms with Crippen LogP contribution in [0.15, 0.2) is 96.6 Å². The van der Waals surface area contributed by atoms with Crippen LogP contribution in [0, 0.1) is 39.0 Å². The number of carbonyl (C=O) groups is 1. The van der Waals surface area contributed by atoms with Crippen LogP contribution in [0.4, 0.5) is 5.69 Å². The van der Waals surface area contributed by atoms with E-state index in [2.05, 4.69) is 110 Å². The molecule has 0 saturated carbocycles. The first-order chi connectivity index (χ1) is 28.5. The summed E-state index contributed by atoms with van der Waals surface area (Å²) in [5.41, 5.74) is 9.10. The van der Waals surface area contributed by atoms with Crippen LogP contribution >= 0.6 is 45.3 Å². The number of benzene rings is 3. The van der Waals surface area contributed by atoms with Crippen molar-refractivity contribution in [3.63, 3.8) is 0 Å². The molecule has 0 saturated heterocycles. The molecule has 7 nitrogen and oxygen atoms in total. The molecule has 0 spiro atoms. The minimum absolute atomic E-state index is 0.0163. The van der Waals surface area contributed by atoms with Gasteiger partial charge in [-0.2, -0.15) is 5.26 Å². The second kappa shape index (κ2) is 16.6. The molecule has 8 aromatic rings. The summed E-state index contributed by atoms with van der Waals surface area (Å²) in [6.07, 6.45) is 1.68. The molecule has 0 aliphatic heterocycles. The van der Waals surface area contributed by atoms with E-state index in [4.69, 9.17) is 13.3 Å². The minimum Gasteiger partial charge on any atom is -0.373 e. The molecule has 8 rings (SSSR count). The van der Waals surface area contributed by atoms with Crippen LogP contribution in [0.3, 0.4) is 0 Å². The Hall–Kier alpha value is -4.94. The molecule has 0 fully saturated rings. The normalized spacial score (nSPS) is 12.2. The van der Waals surface area contributed by atoms with Gasteiger partial charge in [-0.05, 0) is 123 Å². The summed E-state index contributed by atoms with van der Waals surface area (Å²) in [4.78, 5) is 23.0. The molecule has 0 atom stereocenters. The number of hydrogen-bond donors (Lipinski definition) is 1. The third kappa shape index (κ3) is 7.47. The number of hydrogen-bond acceptors (Lipinski definition) is 9. The number of anilines is 1. The Balaban J connectivity index is 1.04. The zero-order valence-corrected chi connectivity index (χ0v) is 38.4. The van der Waals surface area contributed by atoms with Gasteiger partial charge in [-0.3, -0.25) is 4.79 Å².